The molecule has 1 N–H and O–H groups in total. The molecule has 0 radical (unpaired) electrons. The normalized spacial score (nSPS) is 12.0. The first-order valence-corrected chi connectivity index (χ1v) is 10.4. The molecule has 0 fully saturated rings. The van der Waals surface area contributed by atoms with Crippen molar-refractivity contribution in [2.24, 2.45) is 0 Å². The Morgan fingerprint density at radius 1 is 1.25 bits per heavy atom. The second-order valence-corrected chi connectivity index (χ2v) is 8.19. The molecule has 0 spiro atoms. The predicted octanol–water partition coefficient (Wildman–Crippen LogP) is 4.71. The molecule has 2 heterocycles. The van der Waals surface area contributed by atoms with Crippen LogP contribution in [0.2, 0.25) is 10.0 Å². The van der Waals surface area contributed by atoms with Gasteiger partial charge in [0.15, 0.2) is 11.0 Å². The third kappa shape index (κ3) is 5.04. The van der Waals surface area contributed by atoms with Crippen LogP contribution in [-0.2, 0) is 17.8 Å². The van der Waals surface area contributed by atoms with Crippen molar-refractivity contribution in [3.05, 3.63) is 64.0 Å². The van der Waals surface area contributed by atoms with Crippen LogP contribution in [0.25, 0.3) is 0 Å². The van der Waals surface area contributed by atoms with Crippen molar-refractivity contribution in [3.8, 4) is 0 Å². The second kappa shape index (κ2) is 9.41. The number of benzene rings is 1. The fraction of sp³-hybridized carbons (Fsp3) is 0.263. The third-order valence-electron chi connectivity index (χ3n) is 4.02. The Hall–Kier alpha value is -2.09. The van der Waals surface area contributed by atoms with Gasteiger partial charge in [0.05, 0.1) is 15.3 Å². The number of amides is 1. The lowest BCUT2D eigenvalue weighted by molar-refractivity contribution is -0.115. The zero-order valence-electron chi connectivity index (χ0n) is 15.4. The molecule has 28 heavy (non-hydrogen) atoms. The third-order valence-corrected chi connectivity index (χ3v) is 5.59. The maximum absolute atomic E-state index is 12.5. The van der Waals surface area contributed by atoms with E-state index in [-0.39, 0.29) is 11.7 Å². The van der Waals surface area contributed by atoms with Gasteiger partial charge in [-0.3, -0.25) is 4.79 Å². The number of aromatic nitrogens is 4. The summed E-state index contributed by atoms with van der Waals surface area (Å²) in [6.07, 6.45) is 2.12. The Kier molecular flexibility index (Phi) is 6.93. The zero-order chi connectivity index (χ0) is 20.1. The topological polar surface area (TPSA) is 72.7 Å². The molecule has 6 nitrogen and oxygen atoms in total. The van der Waals surface area contributed by atoms with Gasteiger partial charge in [-0.05, 0) is 25.5 Å². The minimum absolute atomic E-state index is 0.225. The van der Waals surface area contributed by atoms with Gasteiger partial charge in [-0.25, -0.2) is 4.98 Å². The quantitative estimate of drug-likeness (QED) is 0.543. The smallest absolute Gasteiger partial charge is 0.238 e. The lowest BCUT2D eigenvalue weighted by Gasteiger charge is -2.13. The van der Waals surface area contributed by atoms with Crippen molar-refractivity contribution in [3.63, 3.8) is 0 Å². The predicted molar refractivity (Wildman–Crippen MR) is 113 cm³/mol. The maximum atomic E-state index is 12.5. The Balaban J connectivity index is 1.69. The Bertz CT molecular complexity index is 964. The van der Waals surface area contributed by atoms with Crippen LogP contribution in [-0.4, -0.2) is 30.9 Å². The first kappa shape index (κ1) is 20.6. The number of thioether (sulfide) groups is 1. The van der Waals surface area contributed by atoms with E-state index >= 15 is 0 Å². The molecule has 1 unspecified atom stereocenters. The number of nitrogens with zero attached hydrogens (tertiary/aromatic N) is 4. The van der Waals surface area contributed by atoms with Crippen LogP contribution in [0.3, 0.4) is 0 Å². The summed E-state index contributed by atoms with van der Waals surface area (Å²) in [5, 5.41) is 12.3. The first-order chi connectivity index (χ1) is 13.5. The van der Waals surface area contributed by atoms with Crippen molar-refractivity contribution in [2.75, 3.05) is 5.32 Å². The lowest BCUT2D eigenvalue weighted by Crippen LogP contribution is -2.23. The molecule has 0 bridgehead atoms. The average molecular weight is 436 g/mol. The van der Waals surface area contributed by atoms with Gasteiger partial charge < -0.3 is 9.88 Å². The summed E-state index contributed by atoms with van der Waals surface area (Å²) in [6, 6.07) is 11.6. The molecule has 2 aromatic heterocycles. The molecule has 146 valence electrons. The molecule has 1 aromatic carbocycles. The van der Waals surface area contributed by atoms with Gasteiger partial charge in [-0.2, -0.15) is 0 Å². The van der Waals surface area contributed by atoms with Gasteiger partial charge in [-0.15, -0.1) is 10.2 Å². The van der Waals surface area contributed by atoms with E-state index in [1.165, 1.54) is 24.0 Å². The molecule has 0 aliphatic carbocycles. The highest BCUT2D eigenvalue weighted by atomic mass is 35.5. The van der Waals surface area contributed by atoms with Crippen LogP contribution in [0.4, 0.5) is 5.82 Å². The molecule has 1 amide bonds. The van der Waals surface area contributed by atoms with Crippen LogP contribution >= 0.6 is 35.0 Å². The SMILES string of the molecule is CCn1c(Cc2ccccc2)nnc1SC(C)C(=O)Nc1ncc(Cl)cc1Cl. The fourth-order valence-electron chi connectivity index (χ4n) is 2.57. The van der Waals surface area contributed by atoms with Gasteiger partial charge in [0.1, 0.15) is 5.82 Å². The van der Waals surface area contributed by atoms with Gasteiger partial charge in [0.25, 0.3) is 0 Å². The summed E-state index contributed by atoms with van der Waals surface area (Å²) in [4.78, 5) is 16.6. The van der Waals surface area contributed by atoms with Crippen molar-refractivity contribution < 1.29 is 4.79 Å². The summed E-state index contributed by atoms with van der Waals surface area (Å²) in [5.41, 5.74) is 1.16. The zero-order valence-corrected chi connectivity index (χ0v) is 17.7. The van der Waals surface area contributed by atoms with E-state index in [1.807, 2.05) is 29.7 Å². The second-order valence-electron chi connectivity index (χ2n) is 6.04. The summed E-state index contributed by atoms with van der Waals surface area (Å²) in [7, 11) is 0. The van der Waals surface area contributed by atoms with Crippen molar-refractivity contribution in [1.82, 2.24) is 19.7 Å². The minimum atomic E-state index is -0.410. The number of pyridine rings is 1. The van der Waals surface area contributed by atoms with Crippen LogP contribution in [0.1, 0.15) is 25.2 Å². The molecule has 0 saturated carbocycles. The first-order valence-electron chi connectivity index (χ1n) is 8.72. The lowest BCUT2D eigenvalue weighted by atomic mass is 10.1. The van der Waals surface area contributed by atoms with E-state index < -0.39 is 5.25 Å². The number of halogens is 2. The van der Waals surface area contributed by atoms with Crippen LogP contribution < -0.4 is 5.32 Å². The molecule has 0 aliphatic rings. The number of rotatable bonds is 7. The van der Waals surface area contributed by atoms with Crippen LogP contribution in [0.15, 0.2) is 47.8 Å². The standard InChI is InChI=1S/C19H19Cl2N5OS/c1-3-26-16(9-13-7-5-4-6-8-13)24-25-19(26)28-12(2)18(27)23-17-15(21)10-14(20)11-22-17/h4-8,10-12H,3,9H2,1-2H3,(H,22,23,27). The molecule has 0 aliphatic heterocycles. The van der Waals surface area contributed by atoms with Gasteiger partial charge in [-0.1, -0.05) is 65.3 Å². The largest absolute Gasteiger partial charge is 0.308 e. The summed E-state index contributed by atoms with van der Waals surface area (Å²) in [6.45, 7) is 4.55. The molecular formula is C19H19Cl2N5OS. The van der Waals surface area contributed by atoms with Gasteiger partial charge in [0.2, 0.25) is 5.91 Å². The molecule has 0 saturated heterocycles. The van der Waals surface area contributed by atoms with Crippen molar-refractivity contribution in [2.45, 2.75) is 37.2 Å². The van der Waals surface area contributed by atoms with Gasteiger partial charge in [0, 0.05) is 19.2 Å². The summed E-state index contributed by atoms with van der Waals surface area (Å²) < 4.78 is 2.02. The Morgan fingerprint density at radius 2 is 2.00 bits per heavy atom. The van der Waals surface area contributed by atoms with E-state index in [0.717, 1.165) is 17.9 Å². The highest BCUT2D eigenvalue weighted by molar-refractivity contribution is 8.00. The van der Waals surface area contributed by atoms with E-state index in [1.54, 1.807) is 6.92 Å². The van der Waals surface area contributed by atoms with Crippen molar-refractivity contribution in [1.29, 1.82) is 0 Å². The number of anilines is 1. The van der Waals surface area contributed by atoms with Crippen molar-refractivity contribution >= 4 is 46.7 Å². The van der Waals surface area contributed by atoms with E-state index in [0.29, 0.717) is 21.6 Å². The molecular weight excluding hydrogens is 417 g/mol. The Labute approximate surface area is 177 Å². The van der Waals surface area contributed by atoms with E-state index in [9.17, 15) is 4.79 Å². The average Bonchev–Trinajstić information content (AvgIpc) is 3.05. The fourth-order valence-corrected chi connectivity index (χ4v) is 3.93. The number of hydrogen-bond acceptors (Lipinski definition) is 5. The maximum Gasteiger partial charge on any atom is 0.238 e. The molecule has 1 atom stereocenters. The number of carbonyl (C=O) groups excluding carboxylic acids is 1. The molecule has 9 heteroatoms. The van der Waals surface area contributed by atoms with E-state index in [4.69, 9.17) is 23.2 Å². The number of carbonyl (C=O) groups is 1. The number of nitrogens with one attached hydrogen (secondary N) is 1. The highest BCUT2D eigenvalue weighted by Crippen LogP contribution is 2.26. The summed E-state index contributed by atoms with van der Waals surface area (Å²) in [5.74, 6) is 0.924. The highest BCUT2D eigenvalue weighted by Gasteiger charge is 2.21. The minimum Gasteiger partial charge on any atom is -0.308 e. The van der Waals surface area contributed by atoms with Crippen LogP contribution in [0, 0.1) is 0 Å². The summed E-state index contributed by atoms with van der Waals surface area (Å²) >= 11 is 13.2. The number of hydrogen-bond donors (Lipinski definition) is 1. The van der Waals surface area contributed by atoms with Crippen LogP contribution in [0.5, 0.6) is 0 Å². The van der Waals surface area contributed by atoms with Gasteiger partial charge >= 0.3 is 0 Å². The monoisotopic (exact) mass is 435 g/mol. The molecule has 3 aromatic rings. The Morgan fingerprint density at radius 3 is 2.68 bits per heavy atom. The molecule has 3 rings (SSSR count). The van der Waals surface area contributed by atoms with E-state index in [2.05, 4.69) is 32.6 Å².